The SMILES string of the molecule is CN=C1N=C(N)[C@@](C)(c2cccc(CCC(=O)OC)c2)CCCC(C)(C)CSCCc2c(c(F)c(F)c3[nH]ccc23)Sc2ccnc1c2. The summed E-state index contributed by atoms with van der Waals surface area (Å²) >= 11 is 3.01. The van der Waals surface area contributed by atoms with Crippen molar-refractivity contribution in [2.75, 3.05) is 25.7 Å². The number of carbonyl (C=O) groups excluding carboxylic acids is 1. The quantitative estimate of drug-likeness (QED) is 0.209. The molecule has 3 N–H and O–H groups in total. The van der Waals surface area contributed by atoms with E-state index in [4.69, 9.17) is 15.5 Å². The fraction of sp³-hybridized carbons (Fsp3) is 0.405. The van der Waals surface area contributed by atoms with Gasteiger partial charge in [-0.1, -0.05) is 56.3 Å². The molecule has 2 aromatic heterocycles. The predicted molar refractivity (Wildman–Crippen MR) is 193 cm³/mol. The van der Waals surface area contributed by atoms with E-state index in [2.05, 4.69) is 47.9 Å². The molecular formula is C37H43F2N5O2S2. The van der Waals surface area contributed by atoms with E-state index in [1.807, 2.05) is 30.0 Å². The van der Waals surface area contributed by atoms with E-state index in [0.29, 0.717) is 40.5 Å². The van der Waals surface area contributed by atoms with Gasteiger partial charge in [-0.15, -0.1) is 0 Å². The number of amidine groups is 2. The number of pyridine rings is 1. The number of aryl methyl sites for hydroxylation is 2. The molecule has 5 rings (SSSR count). The zero-order chi connectivity index (χ0) is 34.5. The maximum Gasteiger partial charge on any atom is 0.305 e. The molecule has 0 aliphatic carbocycles. The number of aliphatic imine (C=N–C) groups is 2. The molecule has 48 heavy (non-hydrogen) atoms. The Morgan fingerprint density at radius 3 is 2.71 bits per heavy atom. The highest BCUT2D eigenvalue weighted by Gasteiger charge is 2.33. The Kier molecular flexibility index (Phi) is 11.3. The number of nitrogens with two attached hydrogens (primary N) is 1. The van der Waals surface area contributed by atoms with Crippen LogP contribution in [0, 0.1) is 17.0 Å². The maximum atomic E-state index is 15.7. The van der Waals surface area contributed by atoms with E-state index in [1.54, 1.807) is 31.6 Å². The van der Waals surface area contributed by atoms with Crippen molar-refractivity contribution in [2.24, 2.45) is 21.1 Å². The van der Waals surface area contributed by atoms with Gasteiger partial charge in [0.2, 0.25) is 0 Å². The molecule has 2 bridgehead atoms. The Balaban J connectivity index is 1.58. The smallest absolute Gasteiger partial charge is 0.305 e. The topological polar surface area (TPSA) is 106 Å². The van der Waals surface area contributed by atoms with Crippen molar-refractivity contribution in [2.45, 2.75) is 74.5 Å². The number of halogens is 2. The van der Waals surface area contributed by atoms with E-state index in [-0.39, 0.29) is 28.2 Å². The summed E-state index contributed by atoms with van der Waals surface area (Å²) in [5.41, 5.74) is 9.79. The minimum Gasteiger partial charge on any atom is -0.469 e. The molecule has 0 radical (unpaired) electrons. The third kappa shape index (κ3) is 7.94. The minimum atomic E-state index is -0.881. The molecule has 0 amide bonds. The molecule has 1 aliphatic heterocycles. The van der Waals surface area contributed by atoms with Gasteiger partial charge in [0.1, 0.15) is 11.5 Å². The van der Waals surface area contributed by atoms with E-state index in [1.165, 1.54) is 18.9 Å². The van der Waals surface area contributed by atoms with Crippen LogP contribution in [0.1, 0.15) is 68.8 Å². The molecule has 0 fully saturated rings. The summed E-state index contributed by atoms with van der Waals surface area (Å²) < 4.78 is 35.8. The lowest BCUT2D eigenvalue weighted by molar-refractivity contribution is -0.140. The number of ether oxygens (including phenoxy) is 1. The number of thioether (sulfide) groups is 1. The Hall–Kier alpha value is -3.70. The van der Waals surface area contributed by atoms with Crippen LogP contribution >= 0.6 is 23.5 Å². The molecule has 0 spiro atoms. The minimum absolute atomic E-state index is 0.0255. The van der Waals surface area contributed by atoms with Crippen molar-refractivity contribution in [3.63, 3.8) is 0 Å². The highest BCUT2D eigenvalue weighted by molar-refractivity contribution is 7.99. The summed E-state index contributed by atoms with van der Waals surface area (Å²) in [4.78, 5) is 29.6. The van der Waals surface area contributed by atoms with Gasteiger partial charge < -0.3 is 15.5 Å². The monoisotopic (exact) mass is 691 g/mol. The van der Waals surface area contributed by atoms with Crippen LogP contribution in [-0.4, -0.2) is 53.3 Å². The number of carbonyl (C=O) groups is 1. The normalized spacial score (nSPS) is 20.1. The number of nitrogens with one attached hydrogen (secondary N) is 1. The number of benzene rings is 2. The lowest BCUT2D eigenvalue weighted by atomic mass is 9.75. The molecule has 254 valence electrons. The third-order valence-corrected chi connectivity index (χ3v) is 11.7. The Bertz CT molecular complexity index is 1850. The summed E-state index contributed by atoms with van der Waals surface area (Å²) in [6.07, 6.45) is 7.32. The fourth-order valence-corrected chi connectivity index (χ4v) is 8.39. The Labute approximate surface area is 289 Å². The highest BCUT2D eigenvalue weighted by Crippen LogP contribution is 2.40. The summed E-state index contributed by atoms with van der Waals surface area (Å²) in [6, 6.07) is 13.5. The highest BCUT2D eigenvalue weighted by atomic mass is 32.2. The molecule has 0 unspecified atom stereocenters. The van der Waals surface area contributed by atoms with Crippen molar-refractivity contribution < 1.29 is 18.3 Å². The number of fused-ring (bicyclic) bond motifs is 5. The van der Waals surface area contributed by atoms with Crippen molar-refractivity contribution >= 4 is 52.1 Å². The Morgan fingerprint density at radius 1 is 1.12 bits per heavy atom. The molecule has 0 saturated carbocycles. The second-order valence-electron chi connectivity index (χ2n) is 13.2. The number of aromatic amines is 1. The second kappa shape index (κ2) is 15.2. The van der Waals surface area contributed by atoms with Gasteiger partial charge in [0.05, 0.1) is 17.5 Å². The number of nitrogens with zero attached hydrogens (tertiary/aromatic N) is 3. The first kappa shape index (κ1) is 35.6. The van der Waals surface area contributed by atoms with Crippen LogP contribution in [0.15, 0.2) is 74.6 Å². The number of hydrogen-bond donors (Lipinski definition) is 2. The van der Waals surface area contributed by atoms with Crippen molar-refractivity contribution in [3.05, 3.63) is 88.9 Å². The molecule has 4 aromatic rings. The van der Waals surface area contributed by atoms with Gasteiger partial charge in [-0.2, -0.15) is 11.8 Å². The van der Waals surface area contributed by atoms with E-state index >= 15 is 8.78 Å². The number of aromatic nitrogens is 2. The van der Waals surface area contributed by atoms with Crippen LogP contribution < -0.4 is 5.73 Å². The zero-order valence-corrected chi connectivity index (χ0v) is 29.8. The van der Waals surface area contributed by atoms with Crippen LogP contribution in [0.5, 0.6) is 0 Å². The number of H-pyrrole nitrogens is 1. The van der Waals surface area contributed by atoms with Crippen LogP contribution in [0.4, 0.5) is 8.78 Å². The van der Waals surface area contributed by atoms with Gasteiger partial charge in [0, 0.05) is 41.6 Å². The van der Waals surface area contributed by atoms with Crippen LogP contribution in [0.2, 0.25) is 0 Å². The Morgan fingerprint density at radius 2 is 1.94 bits per heavy atom. The van der Waals surface area contributed by atoms with Gasteiger partial charge in [-0.3, -0.25) is 14.8 Å². The predicted octanol–water partition coefficient (Wildman–Crippen LogP) is 8.28. The standard InChI is InChI=1S/C37H43F2N5O2S2/c1-36(2)15-7-16-37(3,24-9-6-8-23(20-24)10-11-29(45)46-5)35(40)44-34(41-4)28-21-25(12-17-42-28)48-33-27(14-19-47-22-36)26-13-18-43-32(26)30(38)31(33)39/h6,8-9,12-13,17-18,20-21,43H,7,10-11,14-16,19,22H2,1-5H3,(H2,40,41,44)/t37-/m1/s1. The summed E-state index contributed by atoms with van der Waals surface area (Å²) in [7, 11) is 3.03. The molecule has 3 heterocycles. The van der Waals surface area contributed by atoms with Gasteiger partial charge in [-0.05, 0) is 84.4 Å². The first-order valence-electron chi connectivity index (χ1n) is 16.1. The first-order chi connectivity index (χ1) is 23.0. The van der Waals surface area contributed by atoms with E-state index in [0.717, 1.165) is 47.5 Å². The summed E-state index contributed by atoms with van der Waals surface area (Å²) in [5.74, 6) is 0.427. The van der Waals surface area contributed by atoms with Crippen molar-refractivity contribution in [3.8, 4) is 0 Å². The third-order valence-electron chi connectivity index (χ3n) is 9.07. The van der Waals surface area contributed by atoms with Crippen LogP contribution in [0.3, 0.4) is 0 Å². The van der Waals surface area contributed by atoms with Gasteiger partial charge in [-0.25, -0.2) is 13.8 Å². The lowest BCUT2D eigenvalue weighted by Crippen LogP contribution is -2.40. The number of esters is 1. The molecule has 2 aromatic carbocycles. The van der Waals surface area contributed by atoms with E-state index in [9.17, 15) is 4.79 Å². The number of hydrogen-bond acceptors (Lipinski definition) is 7. The number of rotatable bonds is 4. The lowest BCUT2D eigenvalue weighted by Gasteiger charge is -2.32. The molecule has 1 atom stereocenters. The largest absolute Gasteiger partial charge is 0.469 e. The molecule has 11 heteroatoms. The second-order valence-corrected chi connectivity index (χ2v) is 15.3. The molecule has 1 aliphatic rings. The van der Waals surface area contributed by atoms with Crippen molar-refractivity contribution in [1.29, 1.82) is 0 Å². The zero-order valence-electron chi connectivity index (χ0n) is 28.2. The molecule has 0 saturated heterocycles. The molecular weight excluding hydrogens is 649 g/mol. The van der Waals surface area contributed by atoms with Crippen LogP contribution in [0.25, 0.3) is 10.9 Å². The fourth-order valence-electron chi connectivity index (χ4n) is 6.15. The number of methoxy groups -OCH3 is 1. The van der Waals surface area contributed by atoms with Gasteiger partial charge in [0.25, 0.3) is 0 Å². The summed E-state index contributed by atoms with van der Waals surface area (Å²) in [5, 5.41) is 0.696. The van der Waals surface area contributed by atoms with Gasteiger partial charge in [0.15, 0.2) is 17.5 Å². The average molecular weight is 692 g/mol. The first-order valence-corrected chi connectivity index (χ1v) is 18.1. The molecule has 7 nitrogen and oxygen atoms in total. The van der Waals surface area contributed by atoms with E-state index < -0.39 is 17.0 Å². The average Bonchev–Trinajstić information content (AvgIpc) is 3.57. The van der Waals surface area contributed by atoms with Crippen LogP contribution in [-0.2, 0) is 27.8 Å². The van der Waals surface area contributed by atoms with Gasteiger partial charge >= 0.3 is 5.97 Å². The maximum absolute atomic E-state index is 15.7. The summed E-state index contributed by atoms with van der Waals surface area (Å²) in [6.45, 7) is 6.64. The van der Waals surface area contributed by atoms with Crippen molar-refractivity contribution in [1.82, 2.24) is 9.97 Å².